The molecule has 0 aliphatic heterocycles. The maximum Gasteiger partial charge on any atom is 0.573 e. The van der Waals surface area contributed by atoms with Gasteiger partial charge in [-0.25, -0.2) is 0 Å². The topological polar surface area (TPSA) is 54.7 Å². The lowest BCUT2D eigenvalue weighted by atomic mass is 9.91. The fourth-order valence-corrected chi connectivity index (χ4v) is 3.67. The van der Waals surface area contributed by atoms with Crippen molar-refractivity contribution < 1.29 is 23.1 Å². The lowest BCUT2D eigenvalue weighted by molar-refractivity contribution is -0.274. The van der Waals surface area contributed by atoms with Crippen LogP contribution in [0.15, 0.2) is 41.6 Å². The van der Waals surface area contributed by atoms with Gasteiger partial charge >= 0.3 is 6.36 Å². The molecule has 3 rings (SSSR count). The SMILES string of the molecule is CC/C(=N\O)c1cc(C)nc2c(-c3c(C)cc(OC(F)(F)F)cc3C)cccc12. The van der Waals surface area contributed by atoms with Gasteiger partial charge in [0.25, 0.3) is 0 Å². The van der Waals surface area contributed by atoms with Gasteiger partial charge in [0.2, 0.25) is 0 Å². The first-order valence-electron chi connectivity index (χ1n) is 9.13. The van der Waals surface area contributed by atoms with Crippen LogP contribution in [0.2, 0.25) is 0 Å². The van der Waals surface area contributed by atoms with E-state index in [2.05, 4.69) is 14.9 Å². The Morgan fingerprint density at radius 2 is 1.76 bits per heavy atom. The second kappa shape index (κ2) is 7.73. The Morgan fingerprint density at radius 3 is 2.31 bits per heavy atom. The molecule has 0 spiro atoms. The molecule has 1 heterocycles. The van der Waals surface area contributed by atoms with E-state index in [-0.39, 0.29) is 5.75 Å². The lowest BCUT2D eigenvalue weighted by Crippen LogP contribution is -2.17. The van der Waals surface area contributed by atoms with Crippen molar-refractivity contribution in [2.45, 2.75) is 40.5 Å². The van der Waals surface area contributed by atoms with Crippen LogP contribution in [0, 0.1) is 20.8 Å². The number of rotatable bonds is 4. The van der Waals surface area contributed by atoms with Crippen molar-refractivity contribution in [2.75, 3.05) is 0 Å². The first-order valence-corrected chi connectivity index (χ1v) is 9.13. The number of pyridine rings is 1. The second-order valence-electron chi connectivity index (χ2n) is 6.89. The van der Waals surface area contributed by atoms with Crippen LogP contribution in [-0.2, 0) is 0 Å². The molecule has 0 amide bonds. The zero-order valence-electron chi connectivity index (χ0n) is 16.6. The Labute approximate surface area is 166 Å². The van der Waals surface area contributed by atoms with Crippen molar-refractivity contribution in [3.63, 3.8) is 0 Å². The number of oxime groups is 1. The smallest absolute Gasteiger partial charge is 0.411 e. The van der Waals surface area contributed by atoms with Gasteiger partial charge in [0, 0.05) is 22.2 Å². The standard InChI is InChI=1S/C22H21F3N2O2/c1-5-19(27-28)18-11-14(4)26-21-16(18)7-6-8-17(21)20-12(2)9-15(10-13(20)3)29-22(23,24)25/h6-11,28H,5H2,1-4H3/b27-19+. The van der Waals surface area contributed by atoms with Crippen LogP contribution in [0.25, 0.3) is 22.0 Å². The zero-order chi connectivity index (χ0) is 21.3. The Bertz CT molecular complexity index is 1080. The Balaban J connectivity index is 2.26. The third-order valence-corrected chi connectivity index (χ3v) is 4.74. The average Bonchev–Trinajstić information content (AvgIpc) is 2.61. The van der Waals surface area contributed by atoms with Crippen molar-refractivity contribution >= 4 is 16.6 Å². The van der Waals surface area contributed by atoms with Gasteiger partial charge in [-0.05, 0) is 62.1 Å². The molecular formula is C22H21F3N2O2. The summed E-state index contributed by atoms with van der Waals surface area (Å²) in [6.45, 7) is 7.24. The third kappa shape index (κ3) is 4.18. The lowest BCUT2D eigenvalue weighted by Gasteiger charge is -2.17. The molecule has 4 nitrogen and oxygen atoms in total. The summed E-state index contributed by atoms with van der Waals surface area (Å²) in [5.41, 5.74) is 5.67. The van der Waals surface area contributed by atoms with Gasteiger partial charge in [-0.2, -0.15) is 0 Å². The van der Waals surface area contributed by atoms with Crippen LogP contribution in [0.5, 0.6) is 5.75 Å². The van der Waals surface area contributed by atoms with Gasteiger partial charge in [0.05, 0.1) is 11.2 Å². The second-order valence-corrected chi connectivity index (χ2v) is 6.89. The number of ether oxygens (including phenoxy) is 1. The van der Waals surface area contributed by atoms with E-state index in [0.29, 0.717) is 28.8 Å². The molecule has 0 radical (unpaired) electrons. The summed E-state index contributed by atoms with van der Waals surface area (Å²) in [4.78, 5) is 4.68. The van der Waals surface area contributed by atoms with Gasteiger partial charge in [-0.3, -0.25) is 4.98 Å². The van der Waals surface area contributed by atoms with E-state index in [1.165, 1.54) is 12.1 Å². The molecule has 1 aromatic heterocycles. The van der Waals surface area contributed by atoms with Crippen LogP contribution < -0.4 is 4.74 Å². The van der Waals surface area contributed by atoms with Gasteiger partial charge < -0.3 is 9.94 Å². The van der Waals surface area contributed by atoms with Crippen LogP contribution in [0.3, 0.4) is 0 Å². The highest BCUT2D eigenvalue weighted by Gasteiger charge is 2.31. The van der Waals surface area contributed by atoms with E-state index in [9.17, 15) is 18.4 Å². The van der Waals surface area contributed by atoms with E-state index in [1.807, 2.05) is 38.1 Å². The van der Waals surface area contributed by atoms with E-state index in [0.717, 1.165) is 27.8 Å². The molecule has 0 saturated carbocycles. The molecular weight excluding hydrogens is 381 g/mol. The molecule has 152 valence electrons. The van der Waals surface area contributed by atoms with Crippen molar-refractivity contribution in [2.24, 2.45) is 5.16 Å². The number of fused-ring (bicyclic) bond motifs is 1. The minimum Gasteiger partial charge on any atom is -0.411 e. The maximum atomic E-state index is 12.6. The van der Waals surface area contributed by atoms with Crippen LogP contribution in [0.1, 0.15) is 35.7 Å². The Morgan fingerprint density at radius 1 is 1.10 bits per heavy atom. The first-order chi connectivity index (χ1) is 13.6. The largest absolute Gasteiger partial charge is 0.573 e. The molecule has 0 aliphatic carbocycles. The number of aromatic nitrogens is 1. The van der Waals surface area contributed by atoms with Crippen LogP contribution in [-0.4, -0.2) is 22.3 Å². The molecule has 1 N–H and O–H groups in total. The summed E-state index contributed by atoms with van der Waals surface area (Å²) < 4.78 is 41.9. The summed E-state index contributed by atoms with van der Waals surface area (Å²) in [6, 6.07) is 10.3. The van der Waals surface area contributed by atoms with Crippen molar-refractivity contribution in [3.05, 3.63) is 58.8 Å². The predicted molar refractivity (Wildman–Crippen MR) is 107 cm³/mol. The van der Waals surface area contributed by atoms with Crippen LogP contribution in [0.4, 0.5) is 13.2 Å². The third-order valence-electron chi connectivity index (χ3n) is 4.74. The summed E-state index contributed by atoms with van der Waals surface area (Å²) in [5.74, 6) is -0.248. The van der Waals surface area contributed by atoms with Gasteiger partial charge in [-0.1, -0.05) is 30.3 Å². The number of hydrogen-bond acceptors (Lipinski definition) is 4. The predicted octanol–water partition coefficient (Wildman–Crippen LogP) is 6.31. The van der Waals surface area contributed by atoms with E-state index >= 15 is 0 Å². The molecule has 0 unspecified atom stereocenters. The molecule has 29 heavy (non-hydrogen) atoms. The van der Waals surface area contributed by atoms with Gasteiger partial charge in [0.1, 0.15) is 5.75 Å². The quantitative estimate of drug-likeness (QED) is 0.316. The number of halogens is 3. The maximum absolute atomic E-state index is 12.6. The molecule has 3 aromatic rings. The number of nitrogens with zero attached hydrogens (tertiary/aromatic N) is 2. The molecule has 0 saturated heterocycles. The molecule has 0 aliphatic rings. The number of alkyl halides is 3. The average molecular weight is 402 g/mol. The van der Waals surface area contributed by atoms with E-state index in [1.54, 1.807) is 13.8 Å². The normalized spacial score (nSPS) is 12.4. The highest BCUT2D eigenvalue weighted by Crippen LogP contribution is 2.37. The van der Waals surface area contributed by atoms with Crippen molar-refractivity contribution in [1.82, 2.24) is 4.98 Å². The van der Waals surface area contributed by atoms with Crippen molar-refractivity contribution in [1.29, 1.82) is 0 Å². The molecule has 0 bridgehead atoms. The molecule has 7 heteroatoms. The molecule has 0 atom stereocenters. The number of benzene rings is 2. The minimum atomic E-state index is -4.74. The Hall–Kier alpha value is -3.09. The summed E-state index contributed by atoms with van der Waals surface area (Å²) in [7, 11) is 0. The Kier molecular flexibility index (Phi) is 5.50. The number of para-hydroxylation sites is 1. The molecule has 0 fully saturated rings. The number of aryl methyl sites for hydroxylation is 3. The fraction of sp³-hybridized carbons (Fsp3) is 0.273. The first kappa shape index (κ1) is 20.6. The van der Waals surface area contributed by atoms with Crippen molar-refractivity contribution in [3.8, 4) is 16.9 Å². The van der Waals surface area contributed by atoms with Gasteiger partial charge in [-0.15, -0.1) is 13.2 Å². The van der Waals surface area contributed by atoms with Crippen LogP contribution >= 0.6 is 0 Å². The minimum absolute atomic E-state index is 0.248. The molecule has 2 aromatic carbocycles. The summed E-state index contributed by atoms with van der Waals surface area (Å²) >= 11 is 0. The number of hydrogen-bond donors (Lipinski definition) is 1. The highest BCUT2D eigenvalue weighted by atomic mass is 19.4. The van der Waals surface area contributed by atoms with Gasteiger partial charge in [0.15, 0.2) is 0 Å². The highest BCUT2D eigenvalue weighted by molar-refractivity contribution is 6.12. The van der Waals surface area contributed by atoms with E-state index in [4.69, 9.17) is 0 Å². The summed E-state index contributed by atoms with van der Waals surface area (Å²) in [5, 5.41) is 13.6. The van der Waals surface area contributed by atoms with E-state index < -0.39 is 6.36 Å². The fourth-order valence-electron chi connectivity index (χ4n) is 3.67. The summed E-state index contributed by atoms with van der Waals surface area (Å²) in [6.07, 6.45) is -4.20. The monoisotopic (exact) mass is 402 g/mol. The zero-order valence-corrected chi connectivity index (χ0v) is 16.6.